The molecule has 1 aromatic heterocycles. The molecule has 1 atom stereocenters. The van der Waals surface area contributed by atoms with Crippen LogP contribution >= 0.6 is 11.6 Å². The van der Waals surface area contributed by atoms with Gasteiger partial charge in [0.25, 0.3) is 5.91 Å². The second kappa shape index (κ2) is 6.59. The van der Waals surface area contributed by atoms with Gasteiger partial charge >= 0.3 is 6.03 Å². The third kappa shape index (κ3) is 3.15. The molecule has 140 valence electrons. The zero-order valence-corrected chi connectivity index (χ0v) is 15.0. The van der Waals surface area contributed by atoms with Crippen molar-refractivity contribution in [3.05, 3.63) is 65.1 Å². The van der Waals surface area contributed by atoms with Gasteiger partial charge < -0.3 is 15.0 Å². The van der Waals surface area contributed by atoms with Gasteiger partial charge in [-0.15, -0.1) is 0 Å². The van der Waals surface area contributed by atoms with Crippen LogP contribution in [0.15, 0.2) is 48.7 Å². The van der Waals surface area contributed by atoms with Crippen molar-refractivity contribution in [2.75, 3.05) is 0 Å². The molecule has 1 aliphatic rings. The molecule has 1 saturated heterocycles. The molecule has 6 nitrogen and oxygen atoms in total. The summed E-state index contributed by atoms with van der Waals surface area (Å²) in [6, 6.07) is 9.89. The Morgan fingerprint density at radius 3 is 2.75 bits per heavy atom. The molecule has 0 saturated carbocycles. The number of aromatic hydroxyl groups is 1. The molecule has 1 aliphatic heterocycles. The number of benzene rings is 2. The van der Waals surface area contributed by atoms with Crippen molar-refractivity contribution in [3.8, 4) is 17.7 Å². The van der Waals surface area contributed by atoms with Crippen LogP contribution in [0, 0.1) is 17.7 Å². The van der Waals surface area contributed by atoms with E-state index < -0.39 is 23.3 Å². The van der Waals surface area contributed by atoms with E-state index in [1.54, 1.807) is 30.5 Å². The van der Waals surface area contributed by atoms with Gasteiger partial charge in [0.1, 0.15) is 5.82 Å². The van der Waals surface area contributed by atoms with Gasteiger partial charge in [-0.2, -0.15) is 0 Å². The summed E-state index contributed by atoms with van der Waals surface area (Å²) in [5.41, 5.74) is -1.28. The first-order valence-corrected chi connectivity index (χ1v) is 8.64. The van der Waals surface area contributed by atoms with Crippen LogP contribution in [0.3, 0.4) is 0 Å². The summed E-state index contributed by atoms with van der Waals surface area (Å²) < 4.78 is 14.8. The Morgan fingerprint density at radius 1 is 1.21 bits per heavy atom. The van der Waals surface area contributed by atoms with Gasteiger partial charge in [-0.3, -0.25) is 10.1 Å². The zero-order valence-electron chi connectivity index (χ0n) is 14.3. The molecule has 0 bridgehead atoms. The topological polar surface area (TPSA) is 83.4 Å². The number of aromatic nitrogens is 1. The predicted molar refractivity (Wildman–Crippen MR) is 101 cm³/mol. The number of hydrogen-bond acceptors (Lipinski definition) is 3. The Balaban J connectivity index is 1.77. The van der Waals surface area contributed by atoms with Crippen LogP contribution in [0.2, 0.25) is 5.02 Å². The molecular weight excluding hydrogens is 385 g/mol. The quantitative estimate of drug-likeness (QED) is 0.459. The van der Waals surface area contributed by atoms with Crippen LogP contribution < -0.4 is 10.6 Å². The normalized spacial score (nSPS) is 18.5. The summed E-state index contributed by atoms with van der Waals surface area (Å²) >= 11 is 5.98. The number of halogens is 2. The standard InChI is InChI=1S/C20H13ClFN3O3/c21-14-5-4-13-10-25(17(26)16(13)9-14)11-20(18(27)23-19(28)24-20)7-6-12-2-1-3-15(22)8-12/h1-5,8-10,26H,11H2,(H2,23,24,27,28)/t20-/m1/s1. The number of carbonyl (C=O) groups excluding carboxylic acids is 2. The molecule has 1 fully saturated rings. The minimum atomic E-state index is -1.63. The second-order valence-corrected chi connectivity index (χ2v) is 6.82. The van der Waals surface area contributed by atoms with E-state index in [4.69, 9.17) is 11.6 Å². The van der Waals surface area contributed by atoms with E-state index in [1.165, 1.54) is 22.8 Å². The molecular formula is C20H13ClFN3O3. The fourth-order valence-electron chi connectivity index (χ4n) is 3.07. The number of fused-ring (bicyclic) bond motifs is 1. The molecule has 0 spiro atoms. The average Bonchev–Trinajstić information content (AvgIpc) is 3.10. The summed E-state index contributed by atoms with van der Waals surface area (Å²) in [5, 5.41) is 16.9. The maximum absolute atomic E-state index is 13.4. The summed E-state index contributed by atoms with van der Waals surface area (Å²) in [5.74, 6) is 4.22. The van der Waals surface area contributed by atoms with E-state index in [9.17, 15) is 19.1 Å². The Hall–Kier alpha value is -3.50. The smallest absolute Gasteiger partial charge is 0.323 e. The van der Waals surface area contributed by atoms with Crippen molar-refractivity contribution in [2.24, 2.45) is 0 Å². The van der Waals surface area contributed by atoms with Crippen LogP contribution in [0.5, 0.6) is 5.88 Å². The van der Waals surface area contributed by atoms with E-state index >= 15 is 0 Å². The number of imide groups is 1. The van der Waals surface area contributed by atoms with Gasteiger partial charge in [0, 0.05) is 27.6 Å². The first kappa shape index (κ1) is 17.9. The van der Waals surface area contributed by atoms with Crippen molar-refractivity contribution < 1.29 is 19.1 Å². The predicted octanol–water partition coefficient (Wildman–Crippen LogP) is 2.77. The molecule has 2 heterocycles. The van der Waals surface area contributed by atoms with Crippen molar-refractivity contribution >= 4 is 34.3 Å². The molecule has 3 aromatic rings. The summed E-state index contributed by atoms with van der Waals surface area (Å²) in [7, 11) is 0. The van der Waals surface area contributed by atoms with Crippen LogP contribution in [0.25, 0.3) is 10.8 Å². The number of urea groups is 1. The van der Waals surface area contributed by atoms with Crippen LogP contribution in [-0.4, -0.2) is 27.2 Å². The molecule has 4 rings (SSSR count). The minimum Gasteiger partial charge on any atom is -0.494 e. The number of rotatable bonds is 2. The number of amides is 3. The lowest BCUT2D eigenvalue weighted by atomic mass is 10.00. The van der Waals surface area contributed by atoms with Crippen molar-refractivity contribution in [3.63, 3.8) is 0 Å². The number of carbonyl (C=O) groups is 2. The highest BCUT2D eigenvalue weighted by atomic mass is 35.5. The van der Waals surface area contributed by atoms with Gasteiger partial charge in [-0.1, -0.05) is 35.6 Å². The number of nitrogens with one attached hydrogen (secondary N) is 2. The third-order valence-corrected chi connectivity index (χ3v) is 4.65. The average molecular weight is 398 g/mol. The van der Waals surface area contributed by atoms with Crippen molar-refractivity contribution in [1.29, 1.82) is 0 Å². The number of nitrogens with zero attached hydrogens (tertiary/aromatic N) is 1. The van der Waals surface area contributed by atoms with E-state index in [2.05, 4.69) is 22.5 Å². The lowest BCUT2D eigenvalue weighted by Gasteiger charge is -2.20. The van der Waals surface area contributed by atoms with E-state index in [-0.39, 0.29) is 12.4 Å². The Morgan fingerprint density at radius 2 is 2.04 bits per heavy atom. The van der Waals surface area contributed by atoms with E-state index in [1.807, 2.05) is 0 Å². The fraction of sp³-hybridized carbons (Fsp3) is 0.100. The second-order valence-electron chi connectivity index (χ2n) is 6.39. The maximum atomic E-state index is 13.4. The Kier molecular flexibility index (Phi) is 4.21. The lowest BCUT2D eigenvalue weighted by Crippen LogP contribution is -2.49. The highest BCUT2D eigenvalue weighted by Crippen LogP contribution is 2.31. The minimum absolute atomic E-state index is 0.113. The van der Waals surface area contributed by atoms with Gasteiger partial charge in [0.15, 0.2) is 5.88 Å². The van der Waals surface area contributed by atoms with Gasteiger partial charge in [0.05, 0.1) is 6.54 Å². The van der Waals surface area contributed by atoms with Gasteiger partial charge in [-0.05, 0) is 30.3 Å². The molecule has 3 amide bonds. The van der Waals surface area contributed by atoms with E-state index in [0.29, 0.717) is 21.4 Å². The third-order valence-electron chi connectivity index (χ3n) is 4.42. The molecule has 8 heteroatoms. The monoisotopic (exact) mass is 397 g/mol. The van der Waals surface area contributed by atoms with Crippen LogP contribution in [0.4, 0.5) is 9.18 Å². The summed E-state index contributed by atoms with van der Waals surface area (Å²) in [6.07, 6.45) is 1.63. The van der Waals surface area contributed by atoms with E-state index in [0.717, 1.165) is 0 Å². The largest absolute Gasteiger partial charge is 0.494 e. The molecule has 28 heavy (non-hydrogen) atoms. The first-order valence-electron chi connectivity index (χ1n) is 8.26. The molecule has 0 aliphatic carbocycles. The molecule has 0 radical (unpaired) electrons. The molecule has 2 aromatic carbocycles. The van der Waals surface area contributed by atoms with Crippen molar-refractivity contribution in [2.45, 2.75) is 12.1 Å². The SMILES string of the molecule is O=C1NC(=O)[C@@](C#Cc2cccc(F)c2)(Cn2cc3ccc(Cl)cc3c2O)N1. The lowest BCUT2D eigenvalue weighted by molar-refractivity contribution is -0.122. The number of hydrogen-bond donors (Lipinski definition) is 3. The van der Waals surface area contributed by atoms with Gasteiger partial charge in [0.2, 0.25) is 5.54 Å². The van der Waals surface area contributed by atoms with Crippen LogP contribution in [0.1, 0.15) is 5.56 Å². The van der Waals surface area contributed by atoms with Gasteiger partial charge in [-0.25, -0.2) is 9.18 Å². The Labute approximate surface area is 163 Å². The fourth-order valence-corrected chi connectivity index (χ4v) is 3.24. The van der Waals surface area contributed by atoms with Crippen molar-refractivity contribution in [1.82, 2.24) is 15.2 Å². The zero-order chi connectivity index (χ0) is 19.9. The summed E-state index contributed by atoms with van der Waals surface area (Å²) in [4.78, 5) is 24.3. The Bertz CT molecular complexity index is 1190. The summed E-state index contributed by atoms with van der Waals surface area (Å²) in [6.45, 7) is -0.148. The highest BCUT2D eigenvalue weighted by Gasteiger charge is 2.46. The highest BCUT2D eigenvalue weighted by molar-refractivity contribution is 6.31. The maximum Gasteiger partial charge on any atom is 0.323 e. The molecule has 0 unspecified atom stereocenters. The molecule has 3 N–H and O–H groups in total. The first-order chi connectivity index (χ1) is 13.4. The van der Waals surface area contributed by atoms with Crippen LogP contribution in [-0.2, 0) is 11.3 Å².